The van der Waals surface area contributed by atoms with Crippen LogP contribution in [0.3, 0.4) is 0 Å². The molecule has 11 heavy (non-hydrogen) atoms. The van der Waals surface area contributed by atoms with Crippen LogP contribution in [0.1, 0.15) is 6.92 Å². The lowest BCUT2D eigenvalue weighted by molar-refractivity contribution is 0.110. The molecule has 0 radical (unpaired) electrons. The molecule has 5 heteroatoms. The Hall–Kier alpha value is 0.130. The van der Waals surface area contributed by atoms with Crippen molar-refractivity contribution < 1.29 is 20.4 Å². The van der Waals surface area contributed by atoms with Crippen LogP contribution < -0.4 is 0 Å². The van der Waals surface area contributed by atoms with E-state index < -0.39 is 12.2 Å². The van der Waals surface area contributed by atoms with Gasteiger partial charge in [-0.05, 0) is 6.92 Å². The summed E-state index contributed by atoms with van der Waals surface area (Å²) in [5, 5.41) is 32.3. The molecule has 0 rings (SSSR count). The Morgan fingerprint density at radius 1 is 1.18 bits per heavy atom. The molecule has 0 heterocycles. The second-order valence-corrected chi connectivity index (χ2v) is 2.33. The van der Waals surface area contributed by atoms with E-state index in [1.54, 1.807) is 0 Å². The van der Waals surface area contributed by atoms with E-state index in [9.17, 15) is 0 Å². The fourth-order valence-corrected chi connectivity index (χ4v) is 0.146. The number of hydrogen-bond donors (Lipinski definition) is 4. The molecule has 0 aromatic heterocycles. The van der Waals surface area contributed by atoms with Gasteiger partial charge in [0.05, 0.1) is 31.3 Å². The smallest absolute Gasteiger partial charge is 0.0905 e. The normalized spacial score (nSPS) is 14.7. The van der Waals surface area contributed by atoms with E-state index in [2.05, 4.69) is 0 Å². The Morgan fingerprint density at radius 3 is 1.55 bits per heavy atom. The number of aliphatic hydroxyl groups excluding tert-OH is 4. The van der Waals surface area contributed by atoms with Gasteiger partial charge in [-0.25, -0.2) is 0 Å². The number of rotatable bonds is 3. The van der Waals surface area contributed by atoms with Gasteiger partial charge in [-0.1, -0.05) is 0 Å². The summed E-state index contributed by atoms with van der Waals surface area (Å²) in [7, 11) is 0. The van der Waals surface area contributed by atoms with Crippen molar-refractivity contribution in [1.29, 1.82) is 0 Å². The van der Waals surface area contributed by atoms with E-state index in [1.165, 1.54) is 6.92 Å². The third kappa shape index (κ3) is 17.8. The van der Waals surface area contributed by atoms with Crippen LogP contribution >= 0.6 is 11.6 Å². The minimum atomic E-state index is -0.744. The van der Waals surface area contributed by atoms with Gasteiger partial charge in [0.25, 0.3) is 0 Å². The first-order valence-corrected chi connectivity index (χ1v) is 3.75. The highest BCUT2D eigenvalue weighted by Gasteiger charge is 1.94. The molecular formula is C6H15ClO4. The van der Waals surface area contributed by atoms with Gasteiger partial charge in [0.2, 0.25) is 0 Å². The summed E-state index contributed by atoms with van der Waals surface area (Å²) in [6.45, 7) is 1.14. The van der Waals surface area contributed by atoms with E-state index in [-0.39, 0.29) is 19.1 Å². The maximum absolute atomic E-state index is 8.28. The number of aliphatic hydroxyl groups is 4. The molecule has 70 valence electrons. The predicted octanol–water partition coefficient (Wildman–Crippen LogP) is -1.06. The molecule has 0 fully saturated rings. The van der Waals surface area contributed by atoms with Gasteiger partial charge in [-0.15, -0.1) is 11.6 Å². The minimum Gasteiger partial charge on any atom is -0.394 e. The van der Waals surface area contributed by atoms with Crippen molar-refractivity contribution >= 4 is 11.6 Å². The quantitative estimate of drug-likeness (QED) is 0.424. The van der Waals surface area contributed by atoms with E-state index in [1.807, 2.05) is 0 Å². The summed E-state index contributed by atoms with van der Waals surface area (Å²) in [4.78, 5) is 0. The lowest BCUT2D eigenvalue weighted by atomic mass is 10.5. The first-order chi connectivity index (χ1) is 5.08. The van der Waals surface area contributed by atoms with E-state index in [4.69, 9.17) is 32.0 Å². The van der Waals surface area contributed by atoms with Crippen molar-refractivity contribution in [1.82, 2.24) is 0 Å². The zero-order valence-electron chi connectivity index (χ0n) is 6.44. The zero-order chi connectivity index (χ0) is 9.28. The van der Waals surface area contributed by atoms with Gasteiger partial charge in [-0.3, -0.25) is 0 Å². The molecule has 2 atom stereocenters. The van der Waals surface area contributed by atoms with E-state index in [0.717, 1.165) is 0 Å². The topological polar surface area (TPSA) is 80.9 Å². The van der Waals surface area contributed by atoms with Gasteiger partial charge in [-0.2, -0.15) is 0 Å². The Bertz CT molecular complexity index is 65.6. The van der Waals surface area contributed by atoms with E-state index in [0.29, 0.717) is 0 Å². The molecule has 0 aliphatic rings. The first kappa shape index (κ1) is 13.7. The second-order valence-electron chi connectivity index (χ2n) is 2.02. The Kier molecular flexibility index (Phi) is 12.6. The molecule has 0 spiro atoms. The Balaban J connectivity index is 0. The largest absolute Gasteiger partial charge is 0.394 e. The molecule has 0 saturated heterocycles. The van der Waals surface area contributed by atoms with Gasteiger partial charge in [0.1, 0.15) is 0 Å². The molecule has 4 nitrogen and oxygen atoms in total. The van der Waals surface area contributed by atoms with Crippen molar-refractivity contribution in [3.05, 3.63) is 0 Å². The number of halogens is 1. The van der Waals surface area contributed by atoms with Gasteiger partial charge < -0.3 is 20.4 Å². The molecule has 4 N–H and O–H groups in total. The summed E-state index contributed by atoms with van der Waals surface area (Å²) in [6.07, 6.45) is -1.30. The van der Waals surface area contributed by atoms with Crippen LogP contribution in [0.4, 0.5) is 0 Å². The fourth-order valence-electron chi connectivity index (χ4n) is 0.0488. The van der Waals surface area contributed by atoms with Crippen molar-refractivity contribution in [3.8, 4) is 0 Å². The molecule has 0 aromatic carbocycles. The highest BCUT2D eigenvalue weighted by molar-refractivity contribution is 6.18. The number of hydrogen-bond acceptors (Lipinski definition) is 4. The van der Waals surface area contributed by atoms with Crippen molar-refractivity contribution in [2.75, 3.05) is 19.1 Å². The summed E-state index contributed by atoms with van der Waals surface area (Å²) < 4.78 is 0. The summed E-state index contributed by atoms with van der Waals surface area (Å²) in [5.74, 6) is 0.108. The van der Waals surface area contributed by atoms with Crippen LogP contribution in [0.2, 0.25) is 0 Å². The van der Waals surface area contributed by atoms with E-state index >= 15 is 0 Å². The maximum atomic E-state index is 8.28. The highest BCUT2D eigenvalue weighted by atomic mass is 35.5. The lowest BCUT2D eigenvalue weighted by Gasteiger charge is -1.95. The molecule has 0 bridgehead atoms. The lowest BCUT2D eigenvalue weighted by Crippen LogP contribution is -2.12. The molecule has 0 amide bonds. The van der Waals surface area contributed by atoms with Crippen LogP contribution in [0.25, 0.3) is 0 Å². The monoisotopic (exact) mass is 186 g/mol. The fraction of sp³-hybridized carbons (Fsp3) is 1.00. The average molecular weight is 187 g/mol. The molecular weight excluding hydrogens is 172 g/mol. The summed E-state index contributed by atoms with van der Waals surface area (Å²) in [6, 6.07) is 0. The molecule has 2 unspecified atom stereocenters. The molecule has 0 aliphatic heterocycles. The van der Waals surface area contributed by atoms with Crippen molar-refractivity contribution in [3.63, 3.8) is 0 Å². The molecule has 0 saturated carbocycles. The molecule has 0 aliphatic carbocycles. The van der Waals surface area contributed by atoms with Gasteiger partial charge in [0.15, 0.2) is 0 Å². The average Bonchev–Trinajstić information content (AvgIpc) is 2.04. The third-order valence-corrected chi connectivity index (χ3v) is 1.01. The van der Waals surface area contributed by atoms with Crippen LogP contribution in [0.15, 0.2) is 0 Å². The Labute approximate surface area is 71.0 Å². The zero-order valence-corrected chi connectivity index (χ0v) is 7.20. The van der Waals surface area contributed by atoms with Crippen LogP contribution in [0.5, 0.6) is 0 Å². The standard InChI is InChI=1S/C3H7ClO2.C3H8O2/c4-1-3(6)2-5;1-3(5)2-4/h3,5-6H,1-2H2;3-5H,2H2,1H3. The second kappa shape index (κ2) is 10.1. The molecule has 0 aromatic rings. The van der Waals surface area contributed by atoms with Gasteiger partial charge >= 0.3 is 0 Å². The Morgan fingerprint density at radius 2 is 1.55 bits per heavy atom. The van der Waals surface area contributed by atoms with Crippen molar-refractivity contribution in [2.45, 2.75) is 19.1 Å². The summed E-state index contributed by atoms with van der Waals surface area (Å²) >= 11 is 5.04. The van der Waals surface area contributed by atoms with Crippen LogP contribution in [0, 0.1) is 0 Å². The predicted molar refractivity (Wildman–Crippen MR) is 42.6 cm³/mol. The van der Waals surface area contributed by atoms with Crippen LogP contribution in [-0.2, 0) is 0 Å². The maximum Gasteiger partial charge on any atom is 0.0905 e. The highest BCUT2D eigenvalue weighted by Crippen LogP contribution is 1.81. The number of alkyl halides is 1. The van der Waals surface area contributed by atoms with Gasteiger partial charge in [0, 0.05) is 0 Å². The first-order valence-electron chi connectivity index (χ1n) is 3.22. The minimum absolute atomic E-state index is 0.108. The van der Waals surface area contributed by atoms with Crippen LogP contribution in [-0.4, -0.2) is 51.7 Å². The summed E-state index contributed by atoms with van der Waals surface area (Å²) in [5.41, 5.74) is 0. The third-order valence-electron chi connectivity index (χ3n) is 0.653. The SMILES string of the molecule is CC(O)CO.OCC(O)CCl. The van der Waals surface area contributed by atoms with Crippen molar-refractivity contribution in [2.24, 2.45) is 0 Å².